The lowest BCUT2D eigenvalue weighted by Crippen LogP contribution is -2.25. The summed E-state index contributed by atoms with van der Waals surface area (Å²) in [4.78, 5) is 13.5. The van der Waals surface area contributed by atoms with E-state index in [9.17, 15) is 4.79 Å². The van der Waals surface area contributed by atoms with Crippen LogP contribution < -0.4 is 0 Å². The van der Waals surface area contributed by atoms with E-state index in [1.54, 1.807) is 23.5 Å². The maximum Gasteiger partial charge on any atom is 0.335 e. The average Bonchev–Trinajstić information content (AvgIpc) is 3.18. The van der Waals surface area contributed by atoms with Crippen LogP contribution in [0.5, 0.6) is 0 Å². The number of benzene rings is 1. The van der Waals surface area contributed by atoms with Crippen LogP contribution in [0.15, 0.2) is 39.5 Å². The molecule has 1 heterocycles. The van der Waals surface area contributed by atoms with Gasteiger partial charge in [0.25, 0.3) is 0 Å². The Labute approximate surface area is 136 Å². The minimum absolute atomic E-state index is 0.321. The molecule has 110 valence electrons. The minimum atomic E-state index is -0.889. The molecule has 0 unspecified atom stereocenters. The molecular weight excluding hydrogens is 350 g/mol. The second-order valence-corrected chi connectivity index (χ2v) is 7.01. The predicted octanol–water partition coefficient (Wildman–Crippen LogP) is 4.37. The van der Waals surface area contributed by atoms with Crippen LogP contribution in [0.4, 0.5) is 0 Å². The molecule has 2 aromatic rings. The van der Waals surface area contributed by atoms with Gasteiger partial charge >= 0.3 is 5.97 Å². The fourth-order valence-corrected chi connectivity index (χ4v) is 3.56. The summed E-state index contributed by atoms with van der Waals surface area (Å²) >= 11 is 5.23. The van der Waals surface area contributed by atoms with Crippen LogP contribution in [0.3, 0.4) is 0 Å². The Bertz CT molecular complexity index is 638. The van der Waals surface area contributed by atoms with Crippen LogP contribution in [0.25, 0.3) is 0 Å². The van der Waals surface area contributed by atoms with Gasteiger partial charge in [0.05, 0.1) is 5.56 Å². The van der Waals surface area contributed by atoms with E-state index < -0.39 is 5.97 Å². The highest BCUT2D eigenvalue weighted by Gasteiger charge is 2.29. The van der Waals surface area contributed by atoms with Crippen molar-refractivity contribution in [2.24, 2.45) is 0 Å². The number of rotatable bonds is 6. The molecule has 1 aliphatic carbocycles. The van der Waals surface area contributed by atoms with Gasteiger partial charge < -0.3 is 5.11 Å². The Kier molecular flexibility index (Phi) is 4.42. The van der Waals surface area contributed by atoms with Gasteiger partial charge in [0, 0.05) is 23.6 Å². The molecule has 0 aliphatic heterocycles. The van der Waals surface area contributed by atoms with Crippen molar-refractivity contribution < 1.29 is 9.90 Å². The zero-order valence-electron chi connectivity index (χ0n) is 11.5. The summed E-state index contributed by atoms with van der Waals surface area (Å²) in [6.07, 6.45) is 2.52. The van der Waals surface area contributed by atoms with Crippen molar-refractivity contribution in [1.29, 1.82) is 0 Å². The molecule has 0 saturated heterocycles. The van der Waals surface area contributed by atoms with Crippen molar-refractivity contribution in [3.05, 3.63) is 56.2 Å². The highest BCUT2D eigenvalue weighted by molar-refractivity contribution is 9.10. The largest absolute Gasteiger partial charge is 0.478 e. The number of carboxylic acid groups (broad SMARTS) is 1. The van der Waals surface area contributed by atoms with Gasteiger partial charge in [-0.1, -0.05) is 22.0 Å². The first-order chi connectivity index (χ1) is 10.1. The van der Waals surface area contributed by atoms with Crippen molar-refractivity contribution >= 4 is 33.2 Å². The molecule has 3 rings (SSSR count). The van der Waals surface area contributed by atoms with E-state index in [4.69, 9.17) is 5.11 Å². The summed E-state index contributed by atoms with van der Waals surface area (Å²) in [7, 11) is 0. The molecule has 21 heavy (non-hydrogen) atoms. The third-order valence-electron chi connectivity index (χ3n) is 3.70. The Morgan fingerprint density at radius 3 is 2.71 bits per heavy atom. The number of nitrogens with zero attached hydrogens (tertiary/aromatic N) is 1. The molecule has 1 aromatic carbocycles. The lowest BCUT2D eigenvalue weighted by molar-refractivity contribution is 0.0697. The average molecular weight is 366 g/mol. The Morgan fingerprint density at radius 1 is 1.33 bits per heavy atom. The van der Waals surface area contributed by atoms with E-state index in [2.05, 4.69) is 37.7 Å². The molecule has 0 atom stereocenters. The molecule has 0 spiro atoms. The number of hydrogen-bond acceptors (Lipinski definition) is 3. The van der Waals surface area contributed by atoms with Crippen LogP contribution >= 0.6 is 27.3 Å². The Balaban J connectivity index is 1.75. The summed E-state index contributed by atoms with van der Waals surface area (Å²) in [5.41, 5.74) is 2.81. The van der Waals surface area contributed by atoms with Crippen molar-refractivity contribution in [2.45, 2.75) is 32.0 Å². The second kappa shape index (κ2) is 6.30. The van der Waals surface area contributed by atoms with Gasteiger partial charge in [-0.25, -0.2) is 4.79 Å². The molecule has 1 aliphatic rings. The van der Waals surface area contributed by atoms with Gasteiger partial charge in [-0.2, -0.15) is 11.3 Å². The number of hydrogen-bond donors (Lipinski definition) is 1. The van der Waals surface area contributed by atoms with E-state index in [0.29, 0.717) is 11.6 Å². The molecule has 1 aromatic heterocycles. The van der Waals surface area contributed by atoms with Gasteiger partial charge in [-0.3, -0.25) is 4.90 Å². The van der Waals surface area contributed by atoms with Crippen molar-refractivity contribution in [3.8, 4) is 0 Å². The summed E-state index contributed by atoms with van der Waals surface area (Å²) in [6.45, 7) is 1.81. The number of carboxylic acids is 1. The smallest absolute Gasteiger partial charge is 0.335 e. The van der Waals surface area contributed by atoms with E-state index in [0.717, 1.165) is 23.1 Å². The lowest BCUT2D eigenvalue weighted by Gasteiger charge is -2.22. The fraction of sp³-hybridized carbons (Fsp3) is 0.312. The van der Waals surface area contributed by atoms with Gasteiger partial charge in [0.1, 0.15) is 0 Å². The molecule has 0 radical (unpaired) electrons. The number of thiophene rings is 1. The highest BCUT2D eigenvalue weighted by atomic mass is 79.9. The third-order valence-corrected chi connectivity index (χ3v) is 5.17. The highest BCUT2D eigenvalue weighted by Crippen LogP contribution is 2.31. The fourth-order valence-electron chi connectivity index (χ4n) is 2.40. The normalized spacial score (nSPS) is 14.6. The van der Waals surface area contributed by atoms with Gasteiger partial charge in [-0.15, -0.1) is 0 Å². The van der Waals surface area contributed by atoms with Crippen molar-refractivity contribution in [2.75, 3.05) is 0 Å². The summed E-state index contributed by atoms with van der Waals surface area (Å²) in [5, 5.41) is 13.3. The Morgan fingerprint density at radius 2 is 2.14 bits per heavy atom. The molecule has 0 bridgehead atoms. The topological polar surface area (TPSA) is 40.5 Å². The van der Waals surface area contributed by atoms with Crippen LogP contribution in [0.1, 0.15) is 34.3 Å². The van der Waals surface area contributed by atoms with E-state index >= 15 is 0 Å². The monoisotopic (exact) mass is 365 g/mol. The van der Waals surface area contributed by atoms with Crippen molar-refractivity contribution in [3.63, 3.8) is 0 Å². The first-order valence-electron chi connectivity index (χ1n) is 6.90. The van der Waals surface area contributed by atoms with Crippen LogP contribution in [-0.4, -0.2) is 22.0 Å². The van der Waals surface area contributed by atoms with Gasteiger partial charge in [-0.05, 0) is 52.9 Å². The molecule has 1 fully saturated rings. The zero-order valence-corrected chi connectivity index (χ0v) is 13.9. The summed E-state index contributed by atoms with van der Waals surface area (Å²) in [6, 6.07) is 8.11. The number of carbonyl (C=O) groups is 1. The second-order valence-electron chi connectivity index (χ2n) is 5.38. The van der Waals surface area contributed by atoms with Crippen molar-refractivity contribution in [1.82, 2.24) is 4.90 Å². The van der Waals surface area contributed by atoms with Gasteiger partial charge in [0.2, 0.25) is 0 Å². The summed E-state index contributed by atoms with van der Waals surface area (Å²) in [5.74, 6) is -0.889. The molecule has 1 saturated carbocycles. The zero-order chi connectivity index (χ0) is 14.8. The molecule has 5 heteroatoms. The molecule has 3 nitrogen and oxygen atoms in total. The maximum absolute atomic E-state index is 11.0. The molecule has 0 amide bonds. The molecule has 1 N–H and O–H groups in total. The lowest BCUT2D eigenvalue weighted by atomic mass is 10.1. The number of halogens is 1. The Hall–Kier alpha value is -1.17. The maximum atomic E-state index is 11.0. The standard InChI is InChI=1S/C16H16BrNO2S/c17-15-7-12(16(19)20)1-2-13(15)9-18(14-3-4-14)8-11-5-6-21-10-11/h1-2,5-7,10,14H,3-4,8-9H2,(H,19,20). The van der Waals surface area contributed by atoms with Crippen LogP contribution in [0, 0.1) is 0 Å². The van der Waals surface area contributed by atoms with Crippen LogP contribution in [-0.2, 0) is 13.1 Å². The third kappa shape index (κ3) is 3.73. The minimum Gasteiger partial charge on any atom is -0.478 e. The summed E-state index contributed by atoms with van der Waals surface area (Å²) < 4.78 is 0.873. The SMILES string of the molecule is O=C(O)c1ccc(CN(Cc2ccsc2)C2CC2)c(Br)c1. The van der Waals surface area contributed by atoms with E-state index in [-0.39, 0.29) is 0 Å². The quantitative estimate of drug-likeness (QED) is 0.825. The van der Waals surface area contributed by atoms with Gasteiger partial charge in [0.15, 0.2) is 0 Å². The van der Waals surface area contributed by atoms with E-state index in [1.807, 2.05) is 6.07 Å². The van der Waals surface area contributed by atoms with E-state index in [1.165, 1.54) is 18.4 Å². The first kappa shape index (κ1) is 14.8. The predicted molar refractivity (Wildman–Crippen MR) is 87.7 cm³/mol. The molecular formula is C16H16BrNO2S. The van der Waals surface area contributed by atoms with Crippen LogP contribution in [0.2, 0.25) is 0 Å². The number of aromatic carboxylic acids is 1. The first-order valence-corrected chi connectivity index (χ1v) is 8.64.